The summed E-state index contributed by atoms with van der Waals surface area (Å²) in [5.74, 6) is -0.721. The first-order valence-corrected chi connectivity index (χ1v) is 4.92. The highest BCUT2D eigenvalue weighted by molar-refractivity contribution is 6.68. The quantitative estimate of drug-likeness (QED) is 0.721. The topological polar surface area (TPSA) is 38.7 Å². The third kappa shape index (κ3) is 3.11. The van der Waals surface area contributed by atoms with Gasteiger partial charge < -0.3 is 14.6 Å². The molecule has 0 spiro atoms. The molecule has 0 unspecified atom stereocenters. The average Bonchev–Trinajstić information content (AvgIpc) is 2.26. The Bertz CT molecular complexity index is 190. The van der Waals surface area contributed by atoms with Crippen LogP contribution in [0.25, 0.3) is 0 Å². The van der Waals surface area contributed by atoms with Crippen LogP contribution in [0.15, 0.2) is 0 Å². The van der Waals surface area contributed by atoms with Gasteiger partial charge in [0.15, 0.2) is 5.79 Å². The maximum absolute atomic E-state index is 9.52. The van der Waals surface area contributed by atoms with Crippen molar-refractivity contribution in [3.8, 4) is 0 Å². The highest BCUT2D eigenvalue weighted by Crippen LogP contribution is 2.36. The Labute approximate surface area is 91.9 Å². The summed E-state index contributed by atoms with van der Waals surface area (Å²) in [5.41, 5.74) is 0. The number of alkyl halides is 3. The van der Waals surface area contributed by atoms with Gasteiger partial charge in [-0.15, -0.1) is 0 Å². The van der Waals surface area contributed by atoms with Gasteiger partial charge in [-0.2, -0.15) is 0 Å². The Hall–Kier alpha value is 0.750. The normalized spacial score (nSPS) is 30.5. The second-order valence-corrected chi connectivity index (χ2v) is 5.72. The summed E-state index contributed by atoms with van der Waals surface area (Å²) in [4.78, 5) is 0. The molecule has 0 aromatic rings. The van der Waals surface area contributed by atoms with Crippen molar-refractivity contribution in [1.29, 1.82) is 0 Å². The number of rotatable bonds is 1. The summed E-state index contributed by atoms with van der Waals surface area (Å²) < 4.78 is 8.78. The number of ether oxygens (including phenoxy) is 2. The van der Waals surface area contributed by atoms with E-state index in [1.165, 1.54) is 0 Å². The van der Waals surface area contributed by atoms with Crippen LogP contribution in [0, 0.1) is 0 Å². The Balaban J connectivity index is 2.57. The maximum atomic E-state index is 9.52. The zero-order valence-corrected chi connectivity index (χ0v) is 9.53. The minimum absolute atomic E-state index is 0.224. The van der Waals surface area contributed by atoms with Crippen molar-refractivity contribution < 1.29 is 14.6 Å². The molecule has 1 aliphatic heterocycles. The summed E-state index contributed by atoms with van der Waals surface area (Å²) in [5, 5.41) is 9.52. The van der Waals surface area contributed by atoms with Crippen molar-refractivity contribution in [3.05, 3.63) is 0 Å². The Kier molecular flexibility index (Phi) is 3.38. The van der Waals surface area contributed by atoms with Gasteiger partial charge in [-0.1, -0.05) is 34.8 Å². The molecule has 1 saturated heterocycles. The smallest absolute Gasteiger partial charge is 0.218 e. The molecule has 6 heteroatoms. The van der Waals surface area contributed by atoms with Crippen LogP contribution in [-0.2, 0) is 9.47 Å². The van der Waals surface area contributed by atoms with E-state index in [4.69, 9.17) is 44.3 Å². The molecule has 1 heterocycles. The first kappa shape index (κ1) is 11.8. The molecule has 1 N–H and O–H groups in total. The summed E-state index contributed by atoms with van der Waals surface area (Å²) in [7, 11) is 0. The fourth-order valence-electron chi connectivity index (χ4n) is 1.08. The van der Waals surface area contributed by atoms with E-state index in [2.05, 4.69) is 0 Å². The van der Waals surface area contributed by atoms with E-state index >= 15 is 0 Å². The van der Waals surface area contributed by atoms with Gasteiger partial charge in [0.05, 0.1) is 6.61 Å². The third-order valence-corrected chi connectivity index (χ3v) is 2.39. The lowest BCUT2D eigenvalue weighted by Gasteiger charge is -2.24. The van der Waals surface area contributed by atoms with E-state index in [0.717, 1.165) is 0 Å². The number of aliphatic hydroxyl groups excluding tert-OH is 1. The molecule has 1 aliphatic rings. The molecule has 0 saturated carbocycles. The molecule has 1 rings (SSSR count). The zero-order valence-electron chi connectivity index (χ0n) is 7.26. The predicted octanol–water partition coefficient (Wildman–Crippen LogP) is 1.87. The highest BCUT2D eigenvalue weighted by atomic mass is 35.6. The second kappa shape index (κ2) is 3.72. The van der Waals surface area contributed by atoms with Crippen LogP contribution in [0.5, 0.6) is 0 Å². The van der Waals surface area contributed by atoms with Crippen molar-refractivity contribution in [1.82, 2.24) is 0 Å². The van der Waals surface area contributed by atoms with E-state index in [9.17, 15) is 5.11 Å². The molecule has 0 bridgehead atoms. The lowest BCUT2D eigenvalue weighted by Crippen LogP contribution is -2.39. The molecule has 1 fully saturated rings. The minimum Gasteiger partial charge on any atom is -0.386 e. The minimum atomic E-state index is -1.74. The van der Waals surface area contributed by atoms with Gasteiger partial charge in [-0.25, -0.2) is 0 Å². The molecular formula is C7H11Cl3O3. The average molecular weight is 250 g/mol. The number of aliphatic hydroxyl groups is 1. The summed E-state index contributed by atoms with van der Waals surface area (Å²) in [6, 6.07) is 0. The van der Waals surface area contributed by atoms with Gasteiger partial charge >= 0.3 is 0 Å². The summed E-state index contributed by atoms with van der Waals surface area (Å²) >= 11 is 16.5. The van der Waals surface area contributed by atoms with Crippen molar-refractivity contribution in [2.24, 2.45) is 0 Å². The summed E-state index contributed by atoms with van der Waals surface area (Å²) in [6.45, 7) is 3.69. The Morgan fingerprint density at radius 2 is 2.00 bits per heavy atom. The van der Waals surface area contributed by atoms with Crippen molar-refractivity contribution >= 4 is 34.8 Å². The molecule has 3 nitrogen and oxygen atoms in total. The van der Waals surface area contributed by atoms with Gasteiger partial charge in [-0.05, 0) is 13.8 Å². The summed E-state index contributed by atoms with van der Waals surface area (Å²) in [6.07, 6.45) is -1.78. The van der Waals surface area contributed by atoms with E-state index < -0.39 is 21.8 Å². The number of hydrogen-bond donors (Lipinski definition) is 1. The first-order chi connectivity index (χ1) is 5.72. The van der Waals surface area contributed by atoms with Crippen molar-refractivity contribution in [2.45, 2.75) is 35.6 Å². The number of halogens is 3. The highest BCUT2D eigenvalue weighted by Gasteiger charge is 2.44. The Morgan fingerprint density at radius 1 is 1.46 bits per heavy atom. The van der Waals surface area contributed by atoms with Crippen LogP contribution < -0.4 is 0 Å². The van der Waals surface area contributed by atoms with E-state index in [1.807, 2.05) is 0 Å². The van der Waals surface area contributed by atoms with Crippen LogP contribution in [0.2, 0.25) is 0 Å². The van der Waals surface area contributed by atoms with Crippen LogP contribution in [-0.4, -0.2) is 33.5 Å². The van der Waals surface area contributed by atoms with Gasteiger partial charge in [-0.3, -0.25) is 0 Å². The largest absolute Gasteiger partial charge is 0.386 e. The molecular weight excluding hydrogens is 238 g/mol. The zero-order chi connectivity index (χ0) is 10.3. The van der Waals surface area contributed by atoms with Crippen LogP contribution in [0.3, 0.4) is 0 Å². The molecule has 0 radical (unpaired) electrons. The number of hydrogen-bond acceptors (Lipinski definition) is 3. The van der Waals surface area contributed by atoms with Gasteiger partial charge in [0.25, 0.3) is 0 Å². The molecule has 0 amide bonds. The molecule has 2 atom stereocenters. The SMILES string of the molecule is CC1(C)OC[C@H]([C@H](O)C(Cl)(Cl)Cl)O1. The molecule has 0 aromatic heterocycles. The fourth-order valence-corrected chi connectivity index (χ4v) is 1.50. The van der Waals surface area contributed by atoms with E-state index in [-0.39, 0.29) is 6.61 Å². The van der Waals surface area contributed by atoms with Crippen LogP contribution >= 0.6 is 34.8 Å². The van der Waals surface area contributed by atoms with Crippen LogP contribution in [0.1, 0.15) is 13.8 Å². The monoisotopic (exact) mass is 248 g/mol. The Morgan fingerprint density at radius 3 is 2.31 bits per heavy atom. The van der Waals surface area contributed by atoms with E-state index in [1.54, 1.807) is 13.8 Å². The second-order valence-electron chi connectivity index (χ2n) is 3.35. The van der Waals surface area contributed by atoms with Gasteiger partial charge in [0, 0.05) is 0 Å². The molecule has 13 heavy (non-hydrogen) atoms. The molecule has 78 valence electrons. The predicted molar refractivity (Wildman–Crippen MR) is 51.2 cm³/mol. The standard InChI is InChI=1S/C7H11Cl3O3/c1-6(2)12-3-4(13-6)5(11)7(8,9)10/h4-5,11H,3H2,1-2H3/t4-,5+/m1/s1. The first-order valence-electron chi connectivity index (χ1n) is 3.79. The molecule has 0 aromatic carbocycles. The molecule has 0 aliphatic carbocycles. The third-order valence-electron chi connectivity index (χ3n) is 1.72. The maximum Gasteiger partial charge on any atom is 0.218 e. The fraction of sp³-hybridized carbons (Fsp3) is 1.00. The lowest BCUT2D eigenvalue weighted by molar-refractivity contribution is -0.150. The lowest BCUT2D eigenvalue weighted by atomic mass is 10.2. The van der Waals surface area contributed by atoms with Crippen molar-refractivity contribution in [2.75, 3.05) is 6.61 Å². The van der Waals surface area contributed by atoms with Crippen LogP contribution in [0.4, 0.5) is 0 Å². The van der Waals surface area contributed by atoms with E-state index in [0.29, 0.717) is 0 Å². The van der Waals surface area contributed by atoms with Gasteiger partial charge in [0.1, 0.15) is 12.2 Å². The van der Waals surface area contributed by atoms with Gasteiger partial charge in [0.2, 0.25) is 3.79 Å². The van der Waals surface area contributed by atoms with Crippen molar-refractivity contribution in [3.63, 3.8) is 0 Å².